The Bertz CT molecular complexity index is 682. The van der Waals surface area contributed by atoms with Gasteiger partial charge in [-0.25, -0.2) is 4.79 Å². The molecular weight excluding hydrogens is 348 g/mol. The van der Waals surface area contributed by atoms with E-state index in [0.29, 0.717) is 15.8 Å². The molecule has 0 aromatic heterocycles. The van der Waals surface area contributed by atoms with Crippen molar-refractivity contribution in [1.29, 1.82) is 0 Å². The van der Waals surface area contributed by atoms with E-state index in [4.69, 9.17) is 9.47 Å². The van der Waals surface area contributed by atoms with E-state index in [9.17, 15) is 9.59 Å². The Hall–Kier alpha value is -2.14. The molecule has 114 valence electrons. The molecule has 22 heavy (non-hydrogen) atoms. The second kappa shape index (κ2) is 7.75. The maximum atomic E-state index is 11.9. The molecule has 5 heteroatoms. The van der Waals surface area contributed by atoms with Crippen LogP contribution in [0.4, 0.5) is 0 Å². The molecule has 4 nitrogen and oxygen atoms in total. The fourth-order valence-corrected chi connectivity index (χ4v) is 2.31. The first-order valence-electron chi connectivity index (χ1n) is 6.69. The van der Waals surface area contributed by atoms with Crippen molar-refractivity contribution in [3.05, 3.63) is 64.1 Å². The number of halogens is 1. The normalized spacial score (nSPS) is 10.1. The van der Waals surface area contributed by atoms with Crippen molar-refractivity contribution in [2.45, 2.75) is 6.92 Å². The summed E-state index contributed by atoms with van der Waals surface area (Å²) in [5.41, 5.74) is 1.52. The highest BCUT2D eigenvalue weighted by Gasteiger charge is 2.12. The van der Waals surface area contributed by atoms with Crippen LogP contribution >= 0.6 is 15.9 Å². The predicted molar refractivity (Wildman–Crippen MR) is 86.1 cm³/mol. The van der Waals surface area contributed by atoms with Crippen molar-refractivity contribution < 1.29 is 19.1 Å². The molecule has 0 unspecified atom stereocenters. The zero-order chi connectivity index (χ0) is 15.9. The van der Waals surface area contributed by atoms with Crippen molar-refractivity contribution in [3.8, 4) is 5.75 Å². The van der Waals surface area contributed by atoms with E-state index in [1.807, 2.05) is 31.2 Å². The summed E-state index contributed by atoms with van der Waals surface area (Å²) in [6.07, 6.45) is 0. The molecule has 0 aliphatic rings. The lowest BCUT2D eigenvalue weighted by Gasteiger charge is -2.08. The van der Waals surface area contributed by atoms with Gasteiger partial charge in [-0.1, -0.05) is 46.3 Å². The van der Waals surface area contributed by atoms with Gasteiger partial charge in [0, 0.05) is 10.0 Å². The largest absolute Gasteiger partial charge is 0.482 e. The molecule has 0 aliphatic carbocycles. The van der Waals surface area contributed by atoms with Gasteiger partial charge in [0.25, 0.3) is 0 Å². The van der Waals surface area contributed by atoms with Crippen LogP contribution in [0.15, 0.2) is 53.0 Å². The average Bonchev–Trinajstić information content (AvgIpc) is 2.51. The van der Waals surface area contributed by atoms with E-state index in [1.54, 1.807) is 24.3 Å². The standard InChI is InChI=1S/C17H15BrO4/c1-12-5-4-6-13(9-12)21-11-17(20)22-10-16(19)14-7-2-3-8-15(14)18/h2-9H,10-11H2,1H3. The van der Waals surface area contributed by atoms with Crippen LogP contribution in [0.2, 0.25) is 0 Å². The smallest absolute Gasteiger partial charge is 0.344 e. The number of hydrogen-bond donors (Lipinski definition) is 0. The van der Waals surface area contributed by atoms with Crippen LogP contribution in [0.3, 0.4) is 0 Å². The predicted octanol–water partition coefficient (Wildman–Crippen LogP) is 3.56. The third-order valence-electron chi connectivity index (χ3n) is 2.88. The quantitative estimate of drug-likeness (QED) is 0.582. The molecule has 0 saturated heterocycles. The molecule has 0 aliphatic heterocycles. The van der Waals surface area contributed by atoms with Crippen molar-refractivity contribution in [1.82, 2.24) is 0 Å². The van der Waals surface area contributed by atoms with Crippen LogP contribution in [0, 0.1) is 6.92 Å². The van der Waals surface area contributed by atoms with Crippen LogP contribution in [0.1, 0.15) is 15.9 Å². The number of rotatable bonds is 6. The van der Waals surface area contributed by atoms with Crippen LogP contribution in [0.5, 0.6) is 5.75 Å². The van der Waals surface area contributed by atoms with Gasteiger partial charge in [-0.15, -0.1) is 0 Å². The summed E-state index contributed by atoms with van der Waals surface area (Å²) in [4.78, 5) is 23.6. The number of aryl methyl sites for hydroxylation is 1. The van der Waals surface area contributed by atoms with Crippen molar-refractivity contribution >= 4 is 27.7 Å². The van der Waals surface area contributed by atoms with Gasteiger partial charge in [0.15, 0.2) is 13.2 Å². The van der Waals surface area contributed by atoms with Gasteiger partial charge in [-0.2, -0.15) is 0 Å². The zero-order valence-corrected chi connectivity index (χ0v) is 13.6. The summed E-state index contributed by atoms with van der Waals surface area (Å²) >= 11 is 3.29. The van der Waals surface area contributed by atoms with E-state index in [0.717, 1.165) is 5.56 Å². The van der Waals surface area contributed by atoms with Gasteiger partial charge in [-0.3, -0.25) is 4.79 Å². The molecule has 2 aromatic rings. The van der Waals surface area contributed by atoms with Crippen LogP contribution in [-0.2, 0) is 9.53 Å². The summed E-state index contributed by atoms with van der Waals surface area (Å²) in [5, 5.41) is 0. The fraction of sp³-hybridized carbons (Fsp3) is 0.176. The molecule has 0 heterocycles. The number of carbonyl (C=O) groups excluding carboxylic acids is 2. The Morgan fingerprint density at radius 2 is 1.82 bits per heavy atom. The summed E-state index contributed by atoms with van der Waals surface area (Å²) in [7, 11) is 0. The van der Waals surface area contributed by atoms with Gasteiger partial charge in [0.2, 0.25) is 5.78 Å². The maximum Gasteiger partial charge on any atom is 0.344 e. The van der Waals surface area contributed by atoms with Crippen molar-refractivity contribution in [2.24, 2.45) is 0 Å². The maximum absolute atomic E-state index is 11.9. The zero-order valence-electron chi connectivity index (χ0n) is 12.0. The molecule has 2 aromatic carbocycles. The lowest BCUT2D eigenvalue weighted by Crippen LogP contribution is -2.19. The van der Waals surface area contributed by atoms with E-state index in [2.05, 4.69) is 15.9 Å². The Balaban J connectivity index is 1.81. The number of carbonyl (C=O) groups is 2. The Labute approximate surface area is 137 Å². The van der Waals surface area contributed by atoms with E-state index in [-0.39, 0.29) is 19.0 Å². The highest BCUT2D eigenvalue weighted by atomic mass is 79.9. The fourth-order valence-electron chi connectivity index (χ4n) is 1.80. The summed E-state index contributed by atoms with van der Waals surface area (Å²) in [6.45, 7) is 1.40. The molecule has 0 atom stereocenters. The topological polar surface area (TPSA) is 52.6 Å². The highest BCUT2D eigenvalue weighted by molar-refractivity contribution is 9.10. The van der Waals surface area contributed by atoms with E-state index in [1.165, 1.54) is 0 Å². The van der Waals surface area contributed by atoms with Gasteiger partial charge in [0.1, 0.15) is 5.75 Å². The second-order valence-electron chi connectivity index (χ2n) is 4.67. The Morgan fingerprint density at radius 3 is 2.55 bits per heavy atom. The minimum absolute atomic E-state index is 0.229. The second-order valence-corrected chi connectivity index (χ2v) is 5.52. The number of ether oxygens (including phenoxy) is 2. The van der Waals surface area contributed by atoms with E-state index < -0.39 is 5.97 Å². The highest BCUT2D eigenvalue weighted by Crippen LogP contribution is 2.16. The molecule has 0 fully saturated rings. The third kappa shape index (κ3) is 4.70. The monoisotopic (exact) mass is 362 g/mol. The molecular formula is C17H15BrO4. The number of hydrogen-bond acceptors (Lipinski definition) is 4. The number of benzene rings is 2. The molecule has 0 spiro atoms. The molecule has 2 rings (SSSR count). The van der Waals surface area contributed by atoms with Gasteiger partial charge < -0.3 is 9.47 Å². The Morgan fingerprint density at radius 1 is 1.05 bits per heavy atom. The lowest BCUT2D eigenvalue weighted by atomic mass is 10.1. The minimum atomic E-state index is -0.582. The molecule has 0 radical (unpaired) electrons. The number of Topliss-reactive ketones (excluding diaryl/α,β-unsaturated/α-hetero) is 1. The summed E-state index contributed by atoms with van der Waals surface area (Å²) < 4.78 is 10.9. The Kier molecular flexibility index (Phi) is 5.72. The van der Waals surface area contributed by atoms with Crippen LogP contribution in [0.25, 0.3) is 0 Å². The van der Waals surface area contributed by atoms with E-state index >= 15 is 0 Å². The van der Waals surface area contributed by atoms with Gasteiger partial charge in [0.05, 0.1) is 0 Å². The first kappa shape index (κ1) is 16.2. The SMILES string of the molecule is Cc1cccc(OCC(=O)OCC(=O)c2ccccc2Br)c1. The minimum Gasteiger partial charge on any atom is -0.482 e. The lowest BCUT2D eigenvalue weighted by molar-refractivity contribution is -0.144. The average molecular weight is 363 g/mol. The van der Waals surface area contributed by atoms with Crippen LogP contribution < -0.4 is 4.74 Å². The number of esters is 1. The molecule has 0 saturated carbocycles. The molecule has 0 bridgehead atoms. The van der Waals surface area contributed by atoms with Gasteiger partial charge >= 0.3 is 5.97 Å². The van der Waals surface area contributed by atoms with Gasteiger partial charge in [-0.05, 0) is 30.7 Å². The summed E-state index contributed by atoms with van der Waals surface area (Å²) in [5.74, 6) is -0.257. The molecule has 0 amide bonds. The first-order valence-corrected chi connectivity index (χ1v) is 7.48. The first-order chi connectivity index (χ1) is 10.6. The van der Waals surface area contributed by atoms with Crippen molar-refractivity contribution in [3.63, 3.8) is 0 Å². The third-order valence-corrected chi connectivity index (χ3v) is 3.58. The van der Waals surface area contributed by atoms with Crippen molar-refractivity contribution in [2.75, 3.05) is 13.2 Å². The summed E-state index contributed by atoms with van der Waals surface area (Å²) in [6, 6.07) is 14.3. The number of ketones is 1. The van der Waals surface area contributed by atoms with Crippen LogP contribution in [-0.4, -0.2) is 25.0 Å². The molecule has 0 N–H and O–H groups in total.